The van der Waals surface area contributed by atoms with E-state index in [1.54, 1.807) is 0 Å². The van der Waals surface area contributed by atoms with Crippen molar-refractivity contribution in [3.05, 3.63) is 33.5 Å². The molecule has 0 saturated carbocycles. The summed E-state index contributed by atoms with van der Waals surface area (Å²) in [6.07, 6.45) is -3.82. The van der Waals surface area contributed by atoms with Crippen LogP contribution in [0, 0.1) is 0 Å². The predicted octanol–water partition coefficient (Wildman–Crippen LogP) is -1.11. The fourth-order valence-electron chi connectivity index (χ4n) is 3.22. The van der Waals surface area contributed by atoms with Crippen LogP contribution in [0.5, 0.6) is 0 Å². The van der Waals surface area contributed by atoms with Gasteiger partial charge in [0.15, 0.2) is 17.4 Å². The molecule has 1 aliphatic heterocycles. The molecule has 0 unspecified atom stereocenters. The molecule has 2 aromatic rings. The second-order valence-electron chi connectivity index (χ2n) is 7.74. The lowest BCUT2D eigenvalue weighted by atomic mass is 10.1. The molecule has 11 heteroatoms. The Morgan fingerprint density at radius 1 is 1.32 bits per heavy atom. The number of ether oxygens (including phenoxy) is 1. The molecule has 0 aliphatic carbocycles. The minimum atomic E-state index is -1.49. The van der Waals surface area contributed by atoms with E-state index in [0.29, 0.717) is 0 Å². The van der Waals surface area contributed by atoms with E-state index in [0.717, 1.165) is 9.13 Å². The molecule has 0 radical (unpaired) electrons. The zero-order valence-corrected chi connectivity index (χ0v) is 15.9. The number of rotatable bonds is 5. The predicted molar refractivity (Wildman–Crippen MR) is 101 cm³/mol. The van der Waals surface area contributed by atoms with Gasteiger partial charge in [0, 0.05) is 12.1 Å². The Balaban J connectivity index is 2.26. The Labute approximate surface area is 159 Å². The summed E-state index contributed by atoms with van der Waals surface area (Å²) in [7, 11) is 0. The Morgan fingerprint density at radius 2 is 2.00 bits per heavy atom. The highest BCUT2D eigenvalue weighted by Gasteiger charge is 2.45. The quantitative estimate of drug-likeness (QED) is 0.400. The number of aromatic nitrogens is 4. The normalized spacial score (nSPS) is 25.4. The van der Waals surface area contributed by atoms with Crippen LogP contribution in [0.1, 0.15) is 27.0 Å². The molecule has 0 aromatic carbocycles. The summed E-state index contributed by atoms with van der Waals surface area (Å²) in [6, 6.07) is 0. The molecule has 4 atom stereocenters. The molecule has 5 N–H and O–H groups in total. The molecule has 0 bridgehead atoms. The smallest absolute Gasteiger partial charge is 0.333 e. The number of imidazole rings is 1. The number of fused-ring (bicyclic) bond motifs is 1. The van der Waals surface area contributed by atoms with Crippen molar-refractivity contribution in [3.63, 3.8) is 0 Å². The molecule has 1 aliphatic rings. The number of aliphatic hydroxyl groups excluding tert-OH is 3. The minimum absolute atomic E-state index is 0.0119. The van der Waals surface area contributed by atoms with Gasteiger partial charge in [-0.3, -0.25) is 14.3 Å². The highest BCUT2D eigenvalue weighted by Crippen LogP contribution is 2.30. The molecule has 154 valence electrons. The molecule has 0 amide bonds. The molecule has 0 spiro atoms. The van der Waals surface area contributed by atoms with E-state index in [2.05, 4.69) is 21.9 Å². The molecule has 28 heavy (non-hydrogen) atoms. The summed E-state index contributed by atoms with van der Waals surface area (Å²) in [5, 5.41) is 32.8. The average Bonchev–Trinajstić information content (AvgIpc) is 3.02. The van der Waals surface area contributed by atoms with Crippen LogP contribution >= 0.6 is 0 Å². The zero-order valence-electron chi connectivity index (χ0n) is 15.9. The molecule has 1 fully saturated rings. The standard InChI is InChI=1S/C17H25N5O6/c1-5-6-21-9-12(18-15(19-13(9)26)20-17(2,3)4)22(16(21)27)14-11(25)10(24)8(7-23)28-14/h5,8,10-11,14,23-25H,1,6-7H2,2-4H3,(H2,18,19,20,26)/t8-,10-,11-,14-/m1/s1. The van der Waals surface area contributed by atoms with Gasteiger partial charge in [-0.15, -0.1) is 6.58 Å². The number of hydrogen-bond donors (Lipinski definition) is 5. The largest absolute Gasteiger partial charge is 0.394 e. The van der Waals surface area contributed by atoms with Crippen LogP contribution in [0.3, 0.4) is 0 Å². The molecule has 3 rings (SSSR count). The maximum Gasteiger partial charge on any atom is 0.333 e. The van der Waals surface area contributed by atoms with Crippen molar-refractivity contribution < 1.29 is 20.1 Å². The van der Waals surface area contributed by atoms with Crippen molar-refractivity contribution in [3.8, 4) is 0 Å². The summed E-state index contributed by atoms with van der Waals surface area (Å²) >= 11 is 0. The van der Waals surface area contributed by atoms with Gasteiger partial charge in [-0.1, -0.05) is 6.08 Å². The number of aliphatic hydroxyl groups is 3. The highest BCUT2D eigenvalue weighted by atomic mass is 16.6. The van der Waals surface area contributed by atoms with Gasteiger partial charge in [0.2, 0.25) is 5.95 Å². The molecule has 11 nitrogen and oxygen atoms in total. The maximum atomic E-state index is 13.0. The van der Waals surface area contributed by atoms with Crippen molar-refractivity contribution in [2.45, 2.75) is 57.4 Å². The fraction of sp³-hybridized carbons (Fsp3) is 0.588. The first-order valence-corrected chi connectivity index (χ1v) is 8.85. The number of nitrogens with zero attached hydrogens (tertiary/aromatic N) is 3. The highest BCUT2D eigenvalue weighted by molar-refractivity contribution is 5.72. The van der Waals surface area contributed by atoms with E-state index in [1.165, 1.54) is 6.08 Å². The van der Waals surface area contributed by atoms with Crippen LogP contribution < -0.4 is 16.6 Å². The van der Waals surface area contributed by atoms with Gasteiger partial charge >= 0.3 is 5.69 Å². The van der Waals surface area contributed by atoms with Gasteiger partial charge in [0.1, 0.15) is 18.3 Å². The Morgan fingerprint density at radius 3 is 2.54 bits per heavy atom. The van der Waals surface area contributed by atoms with Gasteiger partial charge in [-0.05, 0) is 20.8 Å². The van der Waals surface area contributed by atoms with Crippen molar-refractivity contribution in [2.75, 3.05) is 11.9 Å². The number of nitrogens with one attached hydrogen (secondary N) is 2. The lowest BCUT2D eigenvalue weighted by Crippen LogP contribution is -2.36. The van der Waals surface area contributed by atoms with Crippen molar-refractivity contribution in [1.82, 2.24) is 19.1 Å². The first kappa shape index (κ1) is 20.3. The topological polar surface area (TPSA) is 155 Å². The minimum Gasteiger partial charge on any atom is -0.394 e. The van der Waals surface area contributed by atoms with Crippen LogP contribution in [-0.4, -0.2) is 64.9 Å². The molecule has 1 saturated heterocycles. The van der Waals surface area contributed by atoms with Crippen LogP contribution in [-0.2, 0) is 11.3 Å². The van der Waals surface area contributed by atoms with E-state index < -0.39 is 47.9 Å². The Bertz CT molecular complexity index is 1000. The molecule has 3 heterocycles. The summed E-state index contributed by atoms with van der Waals surface area (Å²) in [6.45, 7) is 8.71. The summed E-state index contributed by atoms with van der Waals surface area (Å²) < 4.78 is 7.66. The molecular formula is C17H25N5O6. The Hall–Kier alpha value is -2.47. The Kier molecular flexibility index (Phi) is 5.19. The van der Waals surface area contributed by atoms with E-state index >= 15 is 0 Å². The van der Waals surface area contributed by atoms with Gasteiger partial charge in [0.05, 0.1) is 6.61 Å². The number of H-pyrrole nitrogens is 1. The second-order valence-corrected chi connectivity index (χ2v) is 7.74. The lowest BCUT2D eigenvalue weighted by Gasteiger charge is -2.21. The summed E-state index contributed by atoms with van der Waals surface area (Å²) in [4.78, 5) is 32.6. The van der Waals surface area contributed by atoms with E-state index in [-0.39, 0.29) is 23.7 Å². The van der Waals surface area contributed by atoms with Crippen LogP contribution in [0.25, 0.3) is 11.2 Å². The molecule has 2 aromatic heterocycles. The van der Waals surface area contributed by atoms with E-state index in [1.807, 2.05) is 20.8 Å². The van der Waals surface area contributed by atoms with E-state index in [9.17, 15) is 24.9 Å². The van der Waals surface area contributed by atoms with Gasteiger partial charge in [0.25, 0.3) is 5.56 Å². The van der Waals surface area contributed by atoms with Crippen molar-refractivity contribution in [2.24, 2.45) is 0 Å². The molecular weight excluding hydrogens is 370 g/mol. The van der Waals surface area contributed by atoms with Crippen molar-refractivity contribution in [1.29, 1.82) is 0 Å². The first-order valence-electron chi connectivity index (χ1n) is 8.85. The maximum absolute atomic E-state index is 13.0. The first-order chi connectivity index (χ1) is 13.1. The SMILES string of the molecule is C=CCn1c(=O)n([C@@H]2O[C@H](CO)[C@@H](O)[C@H]2O)c2nc(NC(C)(C)C)[nH]c(=O)c21. The number of hydrogen-bond acceptors (Lipinski definition) is 8. The second kappa shape index (κ2) is 7.17. The number of anilines is 1. The van der Waals surface area contributed by atoms with Crippen LogP contribution in [0.4, 0.5) is 5.95 Å². The number of aromatic amines is 1. The zero-order chi connectivity index (χ0) is 20.8. The van der Waals surface area contributed by atoms with Gasteiger partial charge in [-0.2, -0.15) is 4.98 Å². The lowest BCUT2D eigenvalue weighted by molar-refractivity contribution is -0.0527. The third-order valence-electron chi connectivity index (χ3n) is 4.39. The fourth-order valence-corrected chi connectivity index (χ4v) is 3.22. The summed E-state index contributed by atoms with van der Waals surface area (Å²) in [5.74, 6) is 0.140. The van der Waals surface area contributed by atoms with Crippen LogP contribution in [0.15, 0.2) is 22.2 Å². The van der Waals surface area contributed by atoms with Crippen molar-refractivity contribution >= 4 is 17.1 Å². The van der Waals surface area contributed by atoms with Gasteiger partial charge in [-0.25, -0.2) is 9.36 Å². The van der Waals surface area contributed by atoms with Crippen LogP contribution in [0.2, 0.25) is 0 Å². The average molecular weight is 395 g/mol. The third kappa shape index (κ3) is 3.37. The number of allylic oxidation sites excluding steroid dienone is 1. The monoisotopic (exact) mass is 395 g/mol. The summed E-state index contributed by atoms with van der Waals surface area (Å²) in [5.41, 5.74) is -1.66. The third-order valence-corrected chi connectivity index (χ3v) is 4.39. The van der Waals surface area contributed by atoms with Gasteiger partial charge < -0.3 is 25.4 Å². The van der Waals surface area contributed by atoms with E-state index in [4.69, 9.17) is 4.74 Å².